The molecular formula is C16H21N9. The molecule has 1 aliphatic heterocycles. The Kier molecular flexibility index (Phi) is 3.32. The summed E-state index contributed by atoms with van der Waals surface area (Å²) in [5.74, 6) is 2.31. The second-order valence-electron chi connectivity index (χ2n) is 7.13. The highest BCUT2D eigenvalue weighted by molar-refractivity contribution is 5.87. The summed E-state index contributed by atoms with van der Waals surface area (Å²) in [5, 5.41) is 16.5. The SMILES string of the molecule is Nc1nc(N2CCC[C@@H](Cn3cc(C4CC4)nn3)C2)c2cn[nH]c2n1. The predicted molar refractivity (Wildman–Crippen MR) is 93.0 cm³/mol. The van der Waals surface area contributed by atoms with Gasteiger partial charge < -0.3 is 10.6 Å². The fourth-order valence-electron chi connectivity index (χ4n) is 3.72. The van der Waals surface area contributed by atoms with Crippen molar-refractivity contribution in [1.82, 2.24) is 35.2 Å². The van der Waals surface area contributed by atoms with Crippen molar-refractivity contribution in [1.29, 1.82) is 0 Å². The molecule has 1 atom stereocenters. The fourth-order valence-corrected chi connectivity index (χ4v) is 3.72. The van der Waals surface area contributed by atoms with Crippen LogP contribution in [0.15, 0.2) is 12.4 Å². The van der Waals surface area contributed by atoms with Crippen LogP contribution in [0.1, 0.15) is 37.3 Å². The molecular weight excluding hydrogens is 318 g/mol. The molecule has 0 radical (unpaired) electrons. The molecule has 0 spiro atoms. The molecule has 1 saturated carbocycles. The number of fused-ring (bicyclic) bond motifs is 1. The molecule has 0 aromatic carbocycles. The van der Waals surface area contributed by atoms with Gasteiger partial charge in [0.25, 0.3) is 0 Å². The number of nitrogen functional groups attached to an aromatic ring is 1. The van der Waals surface area contributed by atoms with E-state index in [4.69, 9.17) is 5.73 Å². The van der Waals surface area contributed by atoms with Crippen LogP contribution in [0, 0.1) is 5.92 Å². The number of nitrogens with one attached hydrogen (secondary N) is 1. The van der Waals surface area contributed by atoms with Crippen LogP contribution < -0.4 is 10.6 Å². The number of aromatic amines is 1. The molecule has 1 saturated heterocycles. The Morgan fingerprint density at radius 2 is 2.16 bits per heavy atom. The molecule has 5 rings (SSSR count). The number of H-pyrrole nitrogens is 1. The molecule has 0 unspecified atom stereocenters. The maximum Gasteiger partial charge on any atom is 0.224 e. The number of nitrogens with two attached hydrogens (primary N) is 1. The van der Waals surface area contributed by atoms with Gasteiger partial charge in [0, 0.05) is 31.7 Å². The van der Waals surface area contributed by atoms with E-state index in [2.05, 4.69) is 41.6 Å². The van der Waals surface area contributed by atoms with Crippen molar-refractivity contribution in [3.63, 3.8) is 0 Å². The highest BCUT2D eigenvalue weighted by atomic mass is 15.4. The van der Waals surface area contributed by atoms with E-state index in [1.165, 1.54) is 19.3 Å². The zero-order valence-electron chi connectivity index (χ0n) is 14.0. The lowest BCUT2D eigenvalue weighted by Gasteiger charge is -2.33. The zero-order chi connectivity index (χ0) is 16.8. The number of aromatic nitrogens is 7. The molecule has 25 heavy (non-hydrogen) atoms. The van der Waals surface area contributed by atoms with E-state index >= 15 is 0 Å². The van der Waals surface area contributed by atoms with Gasteiger partial charge in [0.05, 0.1) is 17.3 Å². The summed E-state index contributed by atoms with van der Waals surface area (Å²) >= 11 is 0. The molecule has 9 heteroatoms. The lowest BCUT2D eigenvalue weighted by atomic mass is 9.98. The topological polar surface area (TPSA) is 114 Å². The standard InChI is InChI=1S/C16H21N9/c17-16-19-14-12(6-18-22-14)15(20-16)24-5-1-2-10(7-24)8-25-9-13(21-23-25)11-3-4-11/h6,9-11H,1-5,7-8H2,(H3,17,18,19,20,22)/t10-/m1/s1. The Labute approximate surface area is 144 Å². The van der Waals surface area contributed by atoms with E-state index in [1.54, 1.807) is 6.20 Å². The molecule has 9 nitrogen and oxygen atoms in total. The Morgan fingerprint density at radius 3 is 3.04 bits per heavy atom. The quantitative estimate of drug-likeness (QED) is 0.736. The fraction of sp³-hybridized carbons (Fsp3) is 0.562. The van der Waals surface area contributed by atoms with Crippen molar-refractivity contribution >= 4 is 22.8 Å². The summed E-state index contributed by atoms with van der Waals surface area (Å²) in [6.07, 6.45) is 8.71. The molecule has 1 aliphatic carbocycles. The third-order valence-corrected chi connectivity index (χ3v) is 5.12. The molecule has 2 fully saturated rings. The second kappa shape index (κ2) is 5.68. The third kappa shape index (κ3) is 2.79. The van der Waals surface area contributed by atoms with Crippen LogP contribution in [0.25, 0.3) is 11.0 Å². The minimum atomic E-state index is 0.277. The van der Waals surface area contributed by atoms with Crippen molar-refractivity contribution in [2.75, 3.05) is 23.7 Å². The first-order chi connectivity index (χ1) is 12.3. The van der Waals surface area contributed by atoms with Crippen molar-refractivity contribution in [2.45, 2.75) is 38.1 Å². The molecule has 3 aromatic heterocycles. The van der Waals surface area contributed by atoms with Crippen molar-refractivity contribution in [3.8, 4) is 0 Å². The van der Waals surface area contributed by atoms with Crippen LogP contribution in [-0.2, 0) is 6.54 Å². The van der Waals surface area contributed by atoms with Crippen LogP contribution in [0.5, 0.6) is 0 Å². The van der Waals surface area contributed by atoms with E-state index in [0.717, 1.165) is 43.0 Å². The second-order valence-corrected chi connectivity index (χ2v) is 7.13. The van der Waals surface area contributed by atoms with Crippen molar-refractivity contribution in [2.24, 2.45) is 5.92 Å². The minimum Gasteiger partial charge on any atom is -0.368 e. The Morgan fingerprint density at radius 1 is 1.24 bits per heavy atom. The monoisotopic (exact) mass is 339 g/mol. The molecule has 3 aromatic rings. The maximum absolute atomic E-state index is 5.87. The van der Waals surface area contributed by atoms with E-state index in [0.29, 0.717) is 17.5 Å². The molecule has 4 heterocycles. The largest absolute Gasteiger partial charge is 0.368 e. The highest BCUT2D eigenvalue weighted by Gasteiger charge is 2.28. The molecule has 3 N–H and O–H groups in total. The predicted octanol–water partition coefficient (Wildman–Crippen LogP) is 1.32. The first-order valence-electron chi connectivity index (χ1n) is 8.88. The van der Waals surface area contributed by atoms with Gasteiger partial charge in [-0.3, -0.25) is 9.78 Å². The average molecular weight is 339 g/mol. The van der Waals surface area contributed by atoms with Crippen LogP contribution in [0.2, 0.25) is 0 Å². The van der Waals surface area contributed by atoms with Gasteiger partial charge in [-0.1, -0.05) is 5.21 Å². The highest BCUT2D eigenvalue weighted by Crippen LogP contribution is 2.38. The normalized spacial score (nSPS) is 21.1. The molecule has 2 aliphatic rings. The lowest BCUT2D eigenvalue weighted by molar-refractivity contribution is 0.347. The van der Waals surface area contributed by atoms with Gasteiger partial charge >= 0.3 is 0 Å². The Balaban J connectivity index is 1.35. The number of piperidine rings is 1. The molecule has 0 bridgehead atoms. The van der Waals surface area contributed by atoms with E-state index in [1.807, 2.05) is 4.68 Å². The summed E-state index contributed by atoms with van der Waals surface area (Å²) < 4.78 is 2.00. The van der Waals surface area contributed by atoms with Gasteiger partial charge in [-0.25, -0.2) is 0 Å². The Hall–Kier alpha value is -2.71. The number of hydrogen-bond acceptors (Lipinski definition) is 7. The number of anilines is 2. The first-order valence-corrected chi connectivity index (χ1v) is 8.88. The van der Waals surface area contributed by atoms with Gasteiger partial charge in [0.1, 0.15) is 5.82 Å². The summed E-state index contributed by atoms with van der Waals surface area (Å²) in [7, 11) is 0. The van der Waals surface area contributed by atoms with E-state index in [-0.39, 0.29) is 5.95 Å². The minimum absolute atomic E-state index is 0.277. The number of nitrogens with zero attached hydrogens (tertiary/aromatic N) is 7. The number of hydrogen-bond donors (Lipinski definition) is 2. The third-order valence-electron chi connectivity index (χ3n) is 5.12. The average Bonchev–Trinajstić information content (AvgIpc) is 3.18. The maximum atomic E-state index is 5.87. The Bertz CT molecular complexity index is 894. The van der Waals surface area contributed by atoms with E-state index < -0.39 is 0 Å². The zero-order valence-corrected chi connectivity index (χ0v) is 14.0. The van der Waals surface area contributed by atoms with Crippen LogP contribution in [0.4, 0.5) is 11.8 Å². The smallest absolute Gasteiger partial charge is 0.224 e. The van der Waals surface area contributed by atoms with Crippen molar-refractivity contribution in [3.05, 3.63) is 18.1 Å². The van der Waals surface area contributed by atoms with Gasteiger partial charge in [-0.05, 0) is 31.6 Å². The number of rotatable bonds is 4. The van der Waals surface area contributed by atoms with Crippen LogP contribution in [-0.4, -0.2) is 48.2 Å². The molecule has 0 amide bonds. The van der Waals surface area contributed by atoms with Crippen LogP contribution >= 0.6 is 0 Å². The lowest BCUT2D eigenvalue weighted by Crippen LogP contribution is -2.38. The molecule has 130 valence electrons. The van der Waals surface area contributed by atoms with Gasteiger partial charge in [-0.15, -0.1) is 5.10 Å². The first kappa shape index (κ1) is 14.6. The van der Waals surface area contributed by atoms with Gasteiger partial charge in [-0.2, -0.15) is 15.1 Å². The summed E-state index contributed by atoms with van der Waals surface area (Å²) in [6.45, 7) is 2.79. The van der Waals surface area contributed by atoms with E-state index in [9.17, 15) is 0 Å². The van der Waals surface area contributed by atoms with Gasteiger partial charge in [0.15, 0.2) is 5.65 Å². The summed E-state index contributed by atoms with van der Waals surface area (Å²) in [6, 6.07) is 0. The summed E-state index contributed by atoms with van der Waals surface area (Å²) in [4.78, 5) is 11.0. The van der Waals surface area contributed by atoms with Gasteiger partial charge in [0.2, 0.25) is 5.95 Å². The van der Waals surface area contributed by atoms with Crippen LogP contribution in [0.3, 0.4) is 0 Å². The summed E-state index contributed by atoms with van der Waals surface area (Å²) in [5.41, 5.74) is 7.71. The van der Waals surface area contributed by atoms with Crippen molar-refractivity contribution < 1.29 is 0 Å².